The third-order valence-electron chi connectivity index (χ3n) is 4.30. The molecule has 0 saturated carbocycles. The van der Waals surface area contributed by atoms with Gasteiger partial charge in [-0.2, -0.15) is 0 Å². The van der Waals surface area contributed by atoms with E-state index in [1.807, 2.05) is 50.8 Å². The van der Waals surface area contributed by atoms with Crippen LogP contribution >= 0.6 is 0 Å². The van der Waals surface area contributed by atoms with Gasteiger partial charge in [-0.3, -0.25) is 0 Å². The number of carbonyl (C=O) groups excluding carboxylic acids is 1. The van der Waals surface area contributed by atoms with Gasteiger partial charge in [0.25, 0.3) is 0 Å². The zero-order valence-corrected chi connectivity index (χ0v) is 16.7. The normalized spacial score (nSPS) is 15.4. The number of nitrogens with zero attached hydrogens (tertiary/aromatic N) is 2. The number of benzene rings is 1. The summed E-state index contributed by atoms with van der Waals surface area (Å²) >= 11 is 0. The van der Waals surface area contributed by atoms with Crippen LogP contribution in [0.2, 0.25) is 0 Å². The summed E-state index contributed by atoms with van der Waals surface area (Å²) in [5.41, 5.74) is 1.24. The lowest BCUT2D eigenvalue weighted by atomic mass is 10.00. The molecular weight excluding hydrogens is 332 g/mol. The molecule has 0 spiro atoms. The molecule has 1 saturated heterocycles. The van der Waals surface area contributed by atoms with Crippen LogP contribution in [0, 0.1) is 12.8 Å². The van der Waals surface area contributed by atoms with Crippen LogP contribution in [0.5, 0.6) is 5.75 Å². The second-order valence-corrected chi connectivity index (χ2v) is 7.75. The van der Waals surface area contributed by atoms with E-state index >= 15 is 0 Å². The van der Waals surface area contributed by atoms with Crippen molar-refractivity contribution >= 4 is 17.1 Å². The number of fused-ring (bicyclic) bond motifs is 1. The minimum Gasteiger partial charge on any atom is -0.493 e. The monoisotopic (exact) mass is 362 g/mol. The number of amides is 1. The van der Waals surface area contributed by atoms with Crippen molar-refractivity contribution in [2.75, 3.05) is 20.2 Å². The third kappa shape index (κ3) is 5.38. The fourth-order valence-corrected chi connectivity index (χ4v) is 2.74. The molecule has 3 rings (SSSR count). The molecule has 0 N–H and O–H groups in total. The maximum atomic E-state index is 11.6. The summed E-state index contributed by atoms with van der Waals surface area (Å²) in [7, 11) is 1.62. The lowest BCUT2D eigenvalue weighted by Gasteiger charge is -2.32. The number of rotatable bonds is 1. The van der Waals surface area contributed by atoms with Crippen molar-refractivity contribution < 1.29 is 18.8 Å². The second kappa shape index (κ2) is 8.43. The van der Waals surface area contributed by atoms with E-state index in [2.05, 4.69) is 12.1 Å². The van der Waals surface area contributed by atoms with E-state index in [-0.39, 0.29) is 11.7 Å². The van der Waals surface area contributed by atoms with Crippen LogP contribution in [0.25, 0.3) is 11.0 Å². The predicted molar refractivity (Wildman–Crippen MR) is 102 cm³/mol. The molecule has 0 atom stereocenters. The zero-order chi connectivity index (χ0) is 19.3. The van der Waals surface area contributed by atoms with Gasteiger partial charge in [-0.1, -0.05) is 18.1 Å². The van der Waals surface area contributed by atoms with Gasteiger partial charge in [-0.25, -0.2) is 4.79 Å². The summed E-state index contributed by atoms with van der Waals surface area (Å²) in [6.07, 6.45) is 2.03. The number of para-hydroxylation sites is 1. The van der Waals surface area contributed by atoms with Crippen molar-refractivity contribution in [2.24, 2.45) is 5.92 Å². The largest absolute Gasteiger partial charge is 0.493 e. The van der Waals surface area contributed by atoms with Crippen molar-refractivity contribution in [3.63, 3.8) is 0 Å². The minimum absolute atomic E-state index is 0.163. The van der Waals surface area contributed by atoms with Gasteiger partial charge in [0.1, 0.15) is 5.60 Å². The average Bonchev–Trinajstić information content (AvgIpc) is 2.96. The summed E-state index contributed by atoms with van der Waals surface area (Å²) in [4.78, 5) is 13.4. The summed E-state index contributed by atoms with van der Waals surface area (Å²) < 4.78 is 15.5. The number of hydrogen-bond acceptors (Lipinski definition) is 5. The molecule has 1 aromatic heterocycles. The van der Waals surface area contributed by atoms with Crippen molar-refractivity contribution in [3.05, 3.63) is 23.9 Å². The Labute approximate surface area is 155 Å². The molecule has 144 valence electrons. The number of aromatic nitrogens is 1. The zero-order valence-electron chi connectivity index (χ0n) is 16.7. The lowest BCUT2D eigenvalue weighted by molar-refractivity contribution is 0.0190. The summed E-state index contributed by atoms with van der Waals surface area (Å²) in [5, 5.41) is 4.86. The number of aryl methyl sites for hydroxylation is 1. The quantitative estimate of drug-likeness (QED) is 0.729. The highest BCUT2D eigenvalue weighted by molar-refractivity contribution is 5.84. The molecule has 2 heterocycles. The first kappa shape index (κ1) is 20.1. The minimum atomic E-state index is -0.375. The first-order valence-corrected chi connectivity index (χ1v) is 9.08. The van der Waals surface area contributed by atoms with Crippen LogP contribution in [-0.2, 0) is 4.74 Å². The first-order valence-electron chi connectivity index (χ1n) is 9.08. The Kier molecular flexibility index (Phi) is 6.51. The van der Waals surface area contributed by atoms with Crippen molar-refractivity contribution in [1.29, 1.82) is 0 Å². The van der Waals surface area contributed by atoms with Crippen LogP contribution in [0.1, 0.15) is 46.2 Å². The van der Waals surface area contributed by atoms with Gasteiger partial charge in [-0.15, -0.1) is 0 Å². The maximum absolute atomic E-state index is 11.6. The van der Waals surface area contributed by atoms with Crippen LogP contribution in [-0.4, -0.2) is 42.0 Å². The van der Waals surface area contributed by atoms with Crippen LogP contribution in [0.3, 0.4) is 0 Å². The van der Waals surface area contributed by atoms with E-state index < -0.39 is 0 Å². The summed E-state index contributed by atoms with van der Waals surface area (Å²) in [6.45, 7) is 11.5. The Morgan fingerprint density at radius 3 is 2.50 bits per heavy atom. The molecular formula is C20H30N2O4. The highest BCUT2D eigenvalue weighted by Crippen LogP contribution is 2.26. The molecule has 6 nitrogen and oxygen atoms in total. The lowest BCUT2D eigenvalue weighted by Crippen LogP contribution is -2.41. The van der Waals surface area contributed by atoms with Gasteiger partial charge in [0.15, 0.2) is 5.75 Å². The topological polar surface area (TPSA) is 64.8 Å². The molecule has 2 aromatic rings. The van der Waals surface area contributed by atoms with Crippen LogP contribution in [0.4, 0.5) is 4.79 Å². The molecule has 0 radical (unpaired) electrons. The Morgan fingerprint density at radius 2 is 1.92 bits per heavy atom. The van der Waals surface area contributed by atoms with E-state index in [1.54, 1.807) is 7.11 Å². The van der Waals surface area contributed by atoms with Crippen molar-refractivity contribution in [2.45, 2.75) is 53.1 Å². The molecule has 0 bridgehead atoms. The average molecular weight is 362 g/mol. The van der Waals surface area contributed by atoms with E-state index in [1.165, 1.54) is 0 Å². The predicted octanol–water partition coefficient (Wildman–Crippen LogP) is 4.80. The summed E-state index contributed by atoms with van der Waals surface area (Å²) in [6, 6.07) is 5.74. The Morgan fingerprint density at radius 1 is 1.27 bits per heavy atom. The maximum Gasteiger partial charge on any atom is 0.410 e. The Hall–Kier alpha value is -2.24. The van der Waals surface area contributed by atoms with Crippen LogP contribution < -0.4 is 4.74 Å². The first-order chi connectivity index (χ1) is 12.2. The molecule has 1 fully saturated rings. The van der Waals surface area contributed by atoms with E-state index in [9.17, 15) is 4.79 Å². The molecule has 0 unspecified atom stereocenters. The summed E-state index contributed by atoms with van der Waals surface area (Å²) in [5.74, 6) is 1.47. The van der Waals surface area contributed by atoms with E-state index in [0.717, 1.165) is 54.3 Å². The molecule has 0 aliphatic carbocycles. The van der Waals surface area contributed by atoms with Gasteiger partial charge >= 0.3 is 6.09 Å². The van der Waals surface area contributed by atoms with Crippen molar-refractivity contribution in [1.82, 2.24) is 10.1 Å². The molecule has 1 aromatic carbocycles. The third-order valence-corrected chi connectivity index (χ3v) is 4.30. The smallest absolute Gasteiger partial charge is 0.410 e. The number of ether oxygens (including phenoxy) is 2. The molecule has 6 heteroatoms. The number of piperidine rings is 1. The molecule has 1 amide bonds. The Bertz CT molecular complexity index is 725. The van der Waals surface area contributed by atoms with Gasteiger partial charge in [0, 0.05) is 18.5 Å². The highest BCUT2D eigenvalue weighted by Gasteiger charge is 2.25. The highest BCUT2D eigenvalue weighted by atomic mass is 16.6. The number of carbonyl (C=O) groups is 1. The molecule has 1 aliphatic rings. The second-order valence-electron chi connectivity index (χ2n) is 7.75. The molecule has 26 heavy (non-hydrogen) atoms. The number of methoxy groups -OCH3 is 1. The van der Waals surface area contributed by atoms with Gasteiger partial charge in [0.2, 0.25) is 5.58 Å². The van der Waals surface area contributed by atoms with Gasteiger partial charge < -0.3 is 18.9 Å². The fourth-order valence-electron chi connectivity index (χ4n) is 2.74. The SMILES string of the molecule is CC1CCN(C(=O)OC(C)(C)C)CC1.COc1cccc2c(C)noc12. The van der Waals surface area contributed by atoms with Gasteiger partial charge in [-0.05, 0) is 58.6 Å². The van der Waals surface area contributed by atoms with Crippen LogP contribution in [0.15, 0.2) is 22.7 Å². The number of hydrogen-bond donors (Lipinski definition) is 0. The van der Waals surface area contributed by atoms with E-state index in [4.69, 9.17) is 14.0 Å². The standard InChI is InChI=1S/C11H21NO2.C9H9NO2/c1-9-5-7-12(8-6-9)10(13)14-11(2,3)4;1-6-7-4-3-5-8(11-2)9(7)12-10-6/h9H,5-8H2,1-4H3;3-5H,1-2H3. The fraction of sp³-hybridized carbons (Fsp3) is 0.600. The van der Waals surface area contributed by atoms with Crippen molar-refractivity contribution in [3.8, 4) is 5.75 Å². The van der Waals surface area contributed by atoms with Gasteiger partial charge in [0.05, 0.1) is 12.8 Å². The Balaban J connectivity index is 0.000000189. The number of likely N-dealkylation sites (tertiary alicyclic amines) is 1. The molecule has 1 aliphatic heterocycles. The van der Waals surface area contributed by atoms with E-state index in [0.29, 0.717) is 0 Å².